The highest BCUT2D eigenvalue weighted by Crippen LogP contribution is 2.53. The molecule has 3 rings (SSSR count). The molecule has 0 bridgehead atoms. The smallest absolute Gasteiger partial charge is 0.264 e. The van der Waals surface area contributed by atoms with Crippen LogP contribution in [-0.2, 0) is 24.5 Å². The summed E-state index contributed by atoms with van der Waals surface area (Å²) in [4.78, 5) is 17.3. The Hall–Kier alpha value is -1.44. The highest BCUT2D eigenvalue weighted by Gasteiger charge is 2.57. The number of carbonyl (C=O) groups is 1. The molecule has 0 radical (unpaired) electrons. The lowest BCUT2D eigenvalue weighted by Crippen LogP contribution is -2.60. The predicted molar refractivity (Wildman–Crippen MR) is 110 cm³/mol. The van der Waals surface area contributed by atoms with Crippen molar-refractivity contribution in [2.45, 2.75) is 51.2 Å². The van der Waals surface area contributed by atoms with Crippen LogP contribution in [-0.4, -0.2) is 69.2 Å². The van der Waals surface area contributed by atoms with Gasteiger partial charge in [0.15, 0.2) is 0 Å². The predicted octanol–water partition coefficient (Wildman–Crippen LogP) is 2.20. The molecule has 2 aliphatic rings. The van der Waals surface area contributed by atoms with Gasteiger partial charge in [0.25, 0.3) is 10.1 Å². The summed E-state index contributed by atoms with van der Waals surface area (Å²) in [5, 5.41) is 0. The average molecular weight is 409 g/mol. The maximum Gasteiger partial charge on any atom is 0.264 e. The third kappa shape index (κ3) is 3.48. The van der Waals surface area contributed by atoms with Gasteiger partial charge in [-0.05, 0) is 32.0 Å². The van der Waals surface area contributed by atoms with Gasteiger partial charge in [-0.2, -0.15) is 8.42 Å². The van der Waals surface area contributed by atoms with E-state index < -0.39 is 22.1 Å². The van der Waals surface area contributed by atoms with Crippen LogP contribution in [0.25, 0.3) is 0 Å². The highest BCUT2D eigenvalue weighted by molar-refractivity contribution is 7.86. The Balaban J connectivity index is 2.13. The first-order valence-corrected chi connectivity index (χ1v) is 11.8. The zero-order chi connectivity index (χ0) is 20.9. The molecule has 1 fully saturated rings. The topological polar surface area (TPSA) is 66.9 Å². The molecular weight excluding hydrogens is 376 g/mol. The number of hydrogen-bond acceptors (Lipinski definition) is 5. The van der Waals surface area contributed by atoms with Crippen molar-refractivity contribution in [2.24, 2.45) is 5.92 Å². The summed E-state index contributed by atoms with van der Waals surface area (Å²) < 4.78 is 30.0. The number of likely N-dealkylation sites (N-methyl/N-ethyl adjacent to an activating group) is 1. The highest BCUT2D eigenvalue weighted by atomic mass is 32.2. The third-order valence-corrected chi connectivity index (χ3v) is 7.05. The number of benzene rings is 1. The van der Waals surface area contributed by atoms with E-state index in [1.165, 1.54) is 5.56 Å². The molecule has 6 nitrogen and oxygen atoms in total. The summed E-state index contributed by atoms with van der Waals surface area (Å²) in [6, 6.07) is 8.23. The number of likely N-dealkylation sites (tertiary alicyclic amines) is 1. The van der Waals surface area contributed by atoms with Crippen molar-refractivity contribution in [1.82, 2.24) is 9.80 Å². The van der Waals surface area contributed by atoms with Gasteiger partial charge in [0.1, 0.15) is 0 Å². The fourth-order valence-corrected chi connectivity index (χ4v) is 6.09. The Morgan fingerprint density at radius 1 is 1.25 bits per heavy atom. The fourth-order valence-electron chi connectivity index (χ4n) is 5.43. The molecule has 1 aromatic carbocycles. The molecule has 1 aromatic rings. The van der Waals surface area contributed by atoms with Crippen LogP contribution in [0.4, 0.5) is 0 Å². The molecule has 1 aliphatic heterocycles. The van der Waals surface area contributed by atoms with Crippen molar-refractivity contribution in [3.05, 3.63) is 35.4 Å². The van der Waals surface area contributed by atoms with Gasteiger partial charge in [-0.25, -0.2) is 0 Å². The van der Waals surface area contributed by atoms with Crippen LogP contribution in [0.2, 0.25) is 0 Å². The number of rotatable bonds is 5. The zero-order valence-electron chi connectivity index (χ0n) is 17.7. The van der Waals surface area contributed by atoms with E-state index in [9.17, 15) is 13.2 Å². The maximum atomic E-state index is 13.3. The summed E-state index contributed by atoms with van der Waals surface area (Å²) in [6.07, 6.45) is 0.373. The van der Waals surface area contributed by atoms with Crippen molar-refractivity contribution < 1.29 is 17.4 Å². The molecule has 1 amide bonds. The second-order valence-corrected chi connectivity index (χ2v) is 10.2. The minimum Gasteiger partial charge on any atom is -0.343 e. The van der Waals surface area contributed by atoms with E-state index in [0.29, 0.717) is 19.6 Å². The number of fused-ring (bicyclic) bond motifs is 3. The van der Waals surface area contributed by atoms with Crippen LogP contribution in [0.3, 0.4) is 0 Å². The summed E-state index contributed by atoms with van der Waals surface area (Å²) in [5.41, 5.74) is 2.13. The zero-order valence-corrected chi connectivity index (χ0v) is 18.5. The normalized spacial score (nSPS) is 29.2. The van der Waals surface area contributed by atoms with E-state index in [1.807, 2.05) is 33.0 Å². The van der Waals surface area contributed by atoms with E-state index in [1.54, 1.807) is 4.90 Å². The number of carbonyl (C=O) groups excluding carboxylic acids is 1. The molecule has 1 saturated heterocycles. The summed E-state index contributed by atoms with van der Waals surface area (Å²) in [7, 11) is -1.68. The Morgan fingerprint density at radius 2 is 1.86 bits per heavy atom. The SMILES string of the molecule is CCN(CC)C(=O)[C@@H]1CN(C)[C@H]2[C@H](c3ccccc3C2(C)C)[C@@H]1OS(C)(=O)=O. The van der Waals surface area contributed by atoms with Gasteiger partial charge in [0, 0.05) is 37.0 Å². The second-order valence-electron chi connectivity index (χ2n) is 8.60. The van der Waals surface area contributed by atoms with Gasteiger partial charge in [-0.1, -0.05) is 38.1 Å². The molecule has 0 aromatic heterocycles. The number of nitrogens with zero attached hydrogens (tertiary/aromatic N) is 2. The van der Waals surface area contributed by atoms with Crippen molar-refractivity contribution in [1.29, 1.82) is 0 Å². The lowest BCUT2D eigenvalue weighted by molar-refractivity contribution is -0.143. The van der Waals surface area contributed by atoms with Crippen LogP contribution in [0.5, 0.6) is 0 Å². The van der Waals surface area contributed by atoms with E-state index in [4.69, 9.17) is 4.18 Å². The molecule has 1 heterocycles. The molecular formula is C21H32N2O4S. The Labute approximate surface area is 169 Å². The summed E-state index contributed by atoms with van der Waals surface area (Å²) >= 11 is 0. The first-order valence-electron chi connectivity index (χ1n) is 9.99. The Morgan fingerprint density at radius 3 is 2.43 bits per heavy atom. The standard InChI is InChI=1S/C21H32N2O4S/c1-7-23(8-2)20(24)15-13-22(5)19-17(18(15)27-28(6,25)26)14-11-9-10-12-16(14)21(19,3)4/h9-12,15,17-19H,7-8,13H2,1-6H3/t15-,17-,18-,19+/m1/s1. The molecule has 0 saturated carbocycles. The van der Waals surface area contributed by atoms with Crippen LogP contribution >= 0.6 is 0 Å². The minimum absolute atomic E-state index is 0.0360. The van der Waals surface area contributed by atoms with Crippen molar-refractivity contribution >= 4 is 16.0 Å². The molecule has 7 heteroatoms. The third-order valence-electron chi connectivity index (χ3n) is 6.48. The van der Waals surface area contributed by atoms with Crippen LogP contribution in [0.15, 0.2) is 24.3 Å². The van der Waals surface area contributed by atoms with Crippen molar-refractivity contribution in [3.63, 3.8) is 0 Å². The van der Waals surface area contributed by atoms with Gasteiger partial charge in [0.05, 0.1) is 18.3 Å². The lowest BCUT2D eigenvalue weighted by atomic mass is 9.73. The van der Waals surface area contributed by atoms with Gasteiger partial charge in [-0.15, -0.1) is 0 Å². The quantitative estimate of drug-likeness (QED) is 0.699. The first kappa shape index (κ1) is 21.3. The number of piperidine rings is 1. The second kappa shape index (κ2) is 7.43. The van der Waals surface area contributed by atoms with Crippen LogP contribution < -0.4 is 0 Å². The van der Waals surface area contributed by atoms with Gasteiger partial charge in [0.2, 0.25) is 5.91 Å². The Bertz CT molecular complexity index is 848. The molecule has 0 spiro atoms. The summed E-state index contributed by atoms with van der Waals surface area (Å²) in [6.45, 7) is 9.94. The maximum absolute atomic E-state index is 13.3. The molecule has 1 aliphatic carbocycles. The first-order chi connectivity index (χ1) is 13.0. The monoisotopic (exact) mass is 408 g/mol. The molecule has 0 N–H and O–H groups in total. The molecule has 156 valence electrons. The molecule has 28 heavy (non-hydrogen) atoms. The largest absolute Gasteiger partial charge is 0.343 e. The van der Waals surface area contributed by atoms with E-state index in [2.05, 4.69) is 30.9 Å². The number of hydrogen-bond donors (Lipinski definition) is 0. The van der Waals surface area contributed by atoms with Gasteiger partial charge in [-0.3, -0.25) is 8.98 Å². The number of amides is 1. The van der Waals surface area contributed by atoms with Gasteiger partial charge >= 0.3 is 0 Å². The fraction of sp³-hybridized carbons (Fsp3) is 0.667. The lowest BCUT2D eigenvalue weighted by Gasteiger charge is -2.48. The molecule has 0 unspecified atom stereocenters. The van der Waals surface area contributed by atoms with Crippen LogP contribution in [0, 0.1) is 5.92 Å². The van der Waals surface area contributed by atoms with E-state index in [0.717, 1.165) is 11.8 Å². The minimum atomic E-state index is -3.71. The molecule has 4 atom stereocenters. The van der Waals surface area contributed by atoms with Crippen LogP contribution in [0.1, 0.15) is 44.7 Å². The summed E-state index contributed by atoms with van der Waals surface area (Å²) in [5.74, 6) is -0.738. The van der Waals surface area contributed by atoms with Gasteiger partial charge < -0.3 is 9.80 Å². The average Bonchev–Trinajstić information content (AvgIpc) is 2.86. The Kier molecular flexibility index (Phi) is 5.64. The van der Waals surface area contributed by atoms with E-state index >= 15 is 0 Å². The van der Waals surface area contributed by atoms with Crippen molar-refractivity contribution in [2.75, 3.05) is 32.9 Å². The van der Waals surface area contributed by atoms with Crippen molar-refractivity contribution in [3.8, 4) is 0 Å². The van der Waals surface area contributed by atoms with E-state index in [-0.39, 0.29) is 23.3 Å².